The summed E-state index contributed by atoms with van der Waals surface area (Å²) in [6.45, 7) is 9.39. The third-order valence-corrected chi connectivity index (χ3v) is 29.3. The third kappa shape index (κ3) is 10.5. The van der Waals surface area contributed by atoms with Gasteiger partial charge in [-0.05, 0) is 220 Å². The predicted molar refractivity (Wildman–Crippen MR) is 512 cm³/mol. The molecule has 20 aromatic rings. The van der Waals surface area contributed by atoms with Crippen LogP contribution in [-0.2, 0) is 21.7 Å². The van der Waals surface area contributed by atoms with E-state index in [0.29, 0.717) is 0 Å². The molecule has 18 aromatic carbocycles. The van der Waals surface area contributed by atoms with Gasteiger partial charge in [0.15, 0.2) is 0 Å². The molecule has 4 aliphatic carbocycles. The zero-order valence-electron chi connectivity index (χ0n) is 66.3. The minimum Gasteiger partial charge on any atom is -0.457 e. The first-order chi connectivity index (χ1) is 58.4. The number of ether oxygens (including phenoxy) is 2. The number of hydrogen-bond acceptors (Lipinski definition) is 6. The van der Waals surface area contributed by atoms with Crippen molar-refractivity contribution in [3.63, 3.8) is 0 Å². The van der Waals surface area contributed by atoms with Gasteiger partial charge in [0.25, 0.3) is 0 Å². The number of halogens is 1. The van der Waals surface area contributed by atoms with Crippen molar-refractivity contribution < 1.29 is 9.47 Å². The first kappa shape index (κ1) is 72.2. The molecule has 1 N–H and O–H groups in total. The number of anilines is 5. The number of rotatable bonds is 5. The van der Waals surface area contributed by atoms with Crippen LogP contribution in [0.15, 0.2) is 381 Å². The number of hydrogen-bond donors (Lipinski definition) is 1. The Morgan fingerprint density at radius 1 is 0.258 bits per heavy atom. The fourth-order valence-corrected chi connectivity index (χ4v) is 24.0. The molecule has 2 spiro atoms. The number of nitrogens with zero attached hydrogens (tertiary/aromatic N) is 1. The Balaban J connectivity index is 0.000000116. The largest absolute Gasteiger partial charge is 0.457 e. The highest BCUT2D eigenvalue weighted by molar-refractivity contribution is 9.10. The van der Waals surface area contributed by atoms with Crippen LogP contribution in [0.5, 0.6) is 23.0 Å². The SMILES string of the molecule is Brc1ccc2c(c1)C1(c3ccccc3Oc3ccccc31)c1ccc3ccccc3c1-2.CC1(C)c2ccccc2-c2ccc(N(c3ccc4c(c3)C3(c5ccccc5Oc5ccccc53)c3ccc5ccccc5c3-4)c3ccc4c(c3)sc3ccccc34)cc21.CC1(C)c2ccccc2-c2ccc(Nc3ccc4c(c3)sc3ccccc34)cc21.S. The quantitative estimate of drug-likeness (QED) is 0.186. The van der Waals surface area contributed by atoms with Crippen LogP contribution in [0, 0.1) is 0 Å². The monoisotopic (exact) mass is 1660 g/mol. The zero-order valence-corrected chi connectivity index (χ0v) is 70.5. The van der Waals surface area contributed by atoms with Gasteiger partial charge in [0, 0.05) is 106 Å². The van der Waals surface area contributed by atoms with Gasteiger partial charge in [0.2, 0.25) is 0 Å². The molecule has 572 valence electrons. The molecule has 120 heavy (non-hydrogen) atoms. The van der Waals surface area contributed by atoms with Crippen molar-refractivity contribution in [1.82, 2.24) is 0 Å². The van der Waals surface area contributed by atoms with Crippen LogP contribution in [0.1, 0.15) is 94.5 Å². The van der Waals surface area contributed by atoms with Crippen molar-refractivity contribution in [2.45, 2.75) is 49.4 Å². The number of para-hydroxylation sites is 4. The van der Waals surface area contributed by atoms with E-state index < -0.39 is 10.8 Å². The second kappa shape index (κ2) is 27.2. The highest BCUT2D eigenvalue weighted by atomic mass is 79.9. The number of thiophene rings is 2. The minimum absolute atomic E-state index is 0. The Morgan fingerprint density at radius 2 is 0.608 bits per heavy atom. The molecule has 2 aromatic heterocycles. The van der Waals surface area contributed by atoms with E-state index in [1.165, 1.54) is 173 Å². The van der Waals surface area contributed by atoms with Gasteiger partial charge in [-0.1, -0.05) is 311 Å². The van der Waals surface area contributed by atoms with Crippen molar-refractivity contribution in [2.24, 2.45) is 0 Å². The van der Waals surface area contributed by atoms with Crippen molar-refractivity contribution in [2.75, 3.05) is 10.2 Å². The Morgan fingerprint density at radius 3 is 1.13 bits per heavy atom. The van der Waals surface area contributed by atoms with Crippen molar-refractivity contribution in [3.05, 3.63) is 447 Å². The highest BCUT2D eigenvalue weighted by Gasteiger charge is 2.54. The van der Waals surface area contributed by atoms with E-state index in [1.54, 1.807) is 0 Å². The van der Waals surface area contributed by atoms with Gasteiger partial charge in [-0.25, -0.2) is 0 Å². The van der Waals surface area contributed by atoms with Crippen LogP contribution in [-0.4, -0.2) is 0 Å². The first-order valence-electron chi connectivity index (χ1n) is 41.0. The summed E-state index contributed by atoms with van der Waals surface area (Å²) in [4.78, 5) is 2.50. The molecule has 4 heterocycles. The molecule has 0 unspecified atom stereocenters. The van der Waals surface area contributed by atoms with Crippen LogP contribution < -0.4 is 19.7 Å². The van der Waals surface area contributed by atoms with Crippen molar-refractivity contribution in [1.29, 1.82) is 0 Å². The normalized spacial score (nSPS) is 14.4. The lowest BCUT2D eigenvalue weighted by atomic mass is 9.66. The summed E-state index contributed by atoms with van der Waals surface area (Å²) in [6, 6.07) is 138. The molecule has 0 saturated carbocycles. The predicted octanol–water partition coefficient (Wildman–Crippen LogP) is 31.7. The average molecular weight is 1660 g/mol. The molecule has 0 fully saturated rings. The minimum atomic E-state index is -0.598. The summed E-state index contributed by atoms with van der Waals surface area (Å²) in [5, 5.41) is 14.0. The third-order valence-electron chi connectivity index (χ3n) is 26.6. The fourth-order valence-electron chi connectivity index (χ4n) is 21.3. The van der Waals surface area contributed by atoms with E-state index in [2.05, 4.69) is 430 Å². The summed E-state index contributed by atoms with van der Waals surface area (Å²) in [5.74, 6) is 3.65. The van der Waals surface area contributed by atoms with E-state index >= 15 is 0 Å². The number of nitrogens with one attached hydrogen (secondary N) is 1. The standard InChI is InChI=1S/C56H37NOS.C29H17BrO.C27H21NS.H2S/c1-55(2)44-17-7-5-15-39(44)40-27-24-35(31-48(40)55)57(37-25-28-42-41-16-6-12-22-52(41)59-53(42)33-37)36-26-29-43-49(32-36)56(47-30-23-34-13-3-4-14-38(34)54(43)47)45-18-8-10-20-50(45)58-51-21-11-9-19-46(51)56;30-19-14-15-21-25(17-19)29(24-16-13-18-7-1-2-8-20(18)28(21)24)22-9-3-5-11-26(22)31-27-12-6-4-10-23(27)29;1-27(2)23-9-5-3-7-19(23)20-13-11-17(15-24(20)27)28-18-12-14-22-21-8-4-6-10-25(21)29-26(22)16-18;/h3-33H,1-2H3;1-17H;3-16,28H,1-2H3;1H2. The Kier molecular flexibility index (Phi) is 16.4. The van der Waals surface area contributed by atoms with Gasteiger partial charge in [-0.15, -0.1) is 22.7 Å². The Hall–Kier alpha value is -13.1. The van der Waals surface area contributed by atoms with Crippen molar-refractivity contribution in [3.8, 4) is 67.5 Å². The molecular formula is C112H77BrN2O2S3. The van der Waals surface area contributed by atoms with E-state index in [1.807, 2.05) is 22.7 Å². The van der Waals surface area contributed by atoms with Gasteiger partial charge in [-0.3, -0.25) is 0 Å². The maximum absolute atomic E-state index is 6.74. The van der Waals surface area contributed by atoms with E-state index in [-0.39, 0.29) is 24.3 Å². The lowest BCUT2D eigenvalue weighted by Gasteiger charge is -2.39. The maximum Gasteiger partial charge on any atom is 0.132 e. The topological polar surface area (TPSA) is 33.7 Å². The molecule has 0 saturated heterocycles. The molecular weight excluding hydrogens is 1580 g/mol. The van der Waals surface area contributed by atoms with Crippen LogP contribution in [0.25, 0.3) is 106 Å². The van der Waals surface area contributed by atoms with E-state index in [9.17, 15) is 0 Å². The summed E-state index contributed by atoms with van der Waals surface area (Å²) in [5.41, 5.74) is 30.6. The molecule has 0 radical (unpaired) electrons. The van der Waals surface area contributed by atoms with Crippen LogP contribution in [0.3, 0.4) is 0 Å². The number of benzene rings is 18. The Bertz CT molecular complexity index is 7640. The maximum atomic E-state index is 6.74. The average Bonchev–Trinajstić information content (AvgIpc) is 1.49. The lowest BCUT2D eigenvalue weighted by molar-refractivity contribution is 0.436. The molecule has 0 atom stereocenters. The second-order valence-corrected chi connectivity index (χ2v) is 36.5. The molecule has 26 rings (SSSR count). The van der Waals surface area contributed by atoms with Gasteiger partial charge >= 0.3 is 0 Å². The molecule has 6 aliphatic rings. The van der Waals surface area contributed by atoms with Crippen molar-refractivity contribution >= 4 is 142 Å². The molecule has 0 amide bonds. The molecule has 0 bridgehead atoms. The van der Waals surface area contributed by atoms with E-state index in [0.717, 1.165) is 55.9 Å². The zero-order chi connectivity index (χ0) is 79.2. The Labute approximate surface area is 720 Å². The fraction of sp³-hybridized carbons (Fsp3) is 0.0714. The summed E-state index contributed by atoms with van der Waals surface area (Å²) >= 11 is 7.49. The molecule has 2 aliphatic heterocycles. The summed E-state index contributed by atoms with van der Waals surface area (Å²) < 4.78 is 19.5. The van der Waals surface area contributed by atoms with Gasteiger partial charge in [-0.2, -0.15) is 13.5 Å². The highest BCUT2D eigenvalue weighted by Crippen LogP contribution is 2.67. The van der Waals surface area contributed by atoms with Crippen LogP contribution in [0.2, 0.25) is 0 Å². The van der Waals surface area contributed by atoms with Gasteiger partial charge in [0.1, 0.15) is 23.0 Å². The smallest absolute Gasteiger partial charge is 0.132 e. The first-order valence-corrected chi connectivity index (χ1v) is 43.4. The van der Waals surface area contributed by atoms with Crippen LogP contribution in [0.4, 0.5) is 28.4 Å². The summed E-state index contributed by atoms with van der Waals surface area (Å²) in [7, 11) is 0. The summed E-state index contributed by atoms with van der Waals surface area (Å²) in [6.07, 6.45) is 0. The van der Waals surface area contributed by atoms with Gasteiger partial charge in [0.05, 0.1) is 10.8 Å². The van der Waals surface area contributed by atoms with Crippen LogP contribution >= 0.6 is 52.1 Å². The van der Waals surface area contributed by atoms with Gasteiger partial charge < -0.3 is 19.7 Å². The lowest BCUT2D eigenvalue weighted by Crippen LogP contribution is -2.32. The second-order valence-electron chi connectivity index (χ2n) is 33.4. The van der Waals surface area contributed by atoms with E-state index in [4.69, 9.17) is 9.47 Å². The molecule has 8 heteroatoms. The number of fused-ring (bicyclic) bond motifs is 34. The molecule has 4 nitrogen and oxygen atoms in total.